The van der Waals surface area contributed by atoms with Crippen LogP contribution < -0.4 is 0 Å². The van der Waals surface area contributed by atoms with Crippen LogP contribution in [-0.4, -0.2) is 17.9 Å². The van der Waals surface area contributed by atoms with Crippen LogP contribution in [0.2, 0.25) is 0 Å². The van der Waals surface area contributed by atoms with Crippen LogP contribution in [0.5, 0.6) is 0 Å². The number of aryl methyl sites for hydroxylation is 1. The molecule has 9 heteroatoms. The predicted molar refractivity (Wildman–Crippen MR) is 93.7 cm³/mol. The second kappa shape index (κ2) is 7.17. The number of hydrogen-bond donors (Lipinski definition) is 0. The average Bonchev–Trinajstić information content (AvgIpc) is 2.93. The standard InChI is InChI=1S/C17H12F2N4O2S/c1-8-5-9(7-25-2)13-14(22-23-20)16(26-17(13)21-8)15(24)11-4-3-10(18)6-12(11)19/h3-6H,7H2,1-2H3. The van der Waals surface area contributed by atoms with E-state index in [1.807, 2.05) is 0 Å². The zero-order valence-corrected chi connectivity index (χ0v) is 14.6. The molecule has 0 aliphatic heterocycles. The lowest BCUT2D eigenvalue weighted by Gasteiger charge is -2.05. The Morgan fingerprint density at radius 1 is 1.38 bits per heavy atom. The van der Waals surface area contributed by atoms with Crippen molar-refractivity contribution in [1.82, 2.24) is 4.98 Å². The Morgan fingerprint density at radius 3 is 2.81 bits per heavy atom. The van der Waals surface area contributed by atoms with Crippen LogP contribution in [0.1, 0.15) is 26.5 Å². The van der Waals surface area contributed by atoms with Gasteiger partial charge in [0, 0.05) is 29.2 Å². The number of carbonyl (C=O) groups excluding carboxylic acids is 1. The highest BCUT2D eigenvalue weighted by atomic mass is 32.1. The Balaban J connectivity index is 2.28. The molecule has 0 spiro atoms. The van der Waals surface area contributed by atoms with Crippen molar-refractivity contribution in [2.75, 3.05) is 7.11 Å². The summed E-state index contributed by atoms with van der Waals surface area (Å²) in [5, 5.41) is 4.13. The van der Waals surface area contributed by atoms with Crippen molar-refractivity contribution in [2.24, 2.45) is 5.11 Å². The topological polar surface area (TPSA) is 88.0 Å². The van der Waals surface area contributed by atoms with E-state index in [1.165, 1.54) is 7.11 Å². The quantitative estimate of drug-likeness (QED) is 0.266. The van der Waals surface area contributed by atoms with Crippen molar-refractivity contribution in [2.45, 2.75) is 13.5 Å². The van der Waals surface area contributed by atoms with Crippen LogP contribution in [0.25, 0.3) is 20.7 Å². The summed E-state index contributed by atoms with van der Waals surface area (Å²) in [4.78, 5) is 20.5. The molecule has 0 aliphatic rings. The number of ether oxygens (including phenoxy) is 1. The number of rotatable bonds is 5. The number of thiophene rings is 1. The summed E-state index contributed by atoms with van der Waals surface area (Å²) in [5.74, 6) is -2.47. The van der Waals surface area contributed by atoms with Gasteiger partial charge in [-0.15, -0.1) is 11.3 Å². The van der Waals surface area contributed by atoms with Gasteiger partial charge in [0.2, 0.25) is 5.78 Å². The second-order valence-electron chi connectivity index (χ2n) is 5.46. The number of halogens is 2. The Morgan fingerprint density at radius 2 is 2.15 bits per heavy atom. The first kappa shape index (κ1) is 17.9. The highest BCUT2D eigenvalue weighted by molar-refractivity contribution is 7.21. The van der Waals surface area contributed by atoms with Crippen molar-refractivity contribution in [1.29, 1.82) is 0 Å². The van der Waals surface area contributed by atoms with Gasteiger partial charge in [-0.05, 0) is 36.2 Å². The van der Waals surface area contributed by atoms with Gasteiger partial charge in [0.25, 0.3) is 0 Å². The van der Waals surface area contributed by atoms with Gasteiger partial charge in [-0.2, -0.15) is 0 Å². The molecule has 0 saturated heterocycles. The number of benzene rings is 1. The number of carbonyl (C=O) groups is 1. The largest absolute Gasteiger partial charge is 0.380 e. The predicted octanol–water partition coefficient (Wildman–Crippen LogP) is 5.20. The van der Waals surface area contributed by atoms with Crippen molar-refractivity contribution in [3.63, 3.8) is 0 Å². The van der Waals surface area contributed by atoms with E-state index in [0.717, 1.165) is 23.5 Å². The molecule has 0 saturated carbocycles. The van der Waals surface area contributed by atoms with Gasteiger partial charge in [0.15, 0.2) is 0 Å². The first-order valence-electron chi connectivity index (χ1n) is 7.43. The SMILES string of the molecule is COCc1cc(C)nc2sc(C(=O)c3ccc(F)cc3F)c(N=[N+]=[N-])c12. The van der Waals surface area contributed by atoms with Crippen molar-refractivity contribution in [3.05, 3.63) is 68.0 Å². The number of ketones is 1. The fraction of sp³-hybridized carbons (Fsp3) is 0.176. The fourth-order valence-electron chi connectivity index (χ4n) is 2.66. The molecular weight excluding hydrogens is 362 g/mol. The molecule has 3 rings (SSSR count). The third kappa shape index (κ3) is 3.15. The average molecular weight is 374 g/mol. The number of fused-ring (bicyclic) bond motifs is 1. The van der Waals surface area contributed by atoms with Gasteiger partial charge in [-0.3, -0.25) is 4.79 Å². The lowest BCUT2D eigenvalue weighted by Crippen LogP contribution is -2.03. The van der Waals surface area contributed by atoms with Crippen LogP contribution in [0, 0.1) is 18.6 Å². The van der Waals surface area contributed by atoms with Crippen LogP contribution in [0.15, 0.2) is 29.4 Å². The van der Waals surface area contributed by atoms with Gasteiger partial charge in [0.1, 0.15) is 16.5 Å². The molecule has 26 heavy (non-hydrogen) atoms. The third-order valence-electron chi connectivity index (χ3n) is 3.67. The maximum atomic E-state index is 14.0. The van der Waals surface area contributed by atoms with Crippen LogP contribution in [0.4, 0.5) is 14.5 Å². The molecule has 2 aromatic heterocycles. The van der Waals surface area contributed by atoms with E-state index >= 15 is 0 Å². The van der Waals surface area contributed by atoms with E-state index < -0.39 is 17.4 Å². The van der Waals surface area contributed by atoms with Gasteiger partial charge in [-0.1, -0.05) is 5.11 Å². The van der Waals surface area contributed by atoms with Crippen molar-refractivity contribution in [3.8, 4) is 0 Å². The summed E-state index contributed by atoms with van der Waals surface area (Å²) in [6.07, 6.45) is 0. The molecule has 0 bridgehead atoms. The minimum Gasteiger partial charge on any atom is -0.380 e. The summed E-state index contributed by atoms with van der Waals surface area (Å²) in [6, 6.07) is 4.45. The molecule has 6 nitrogen and oxygen atoms in total. The van der Waals surface area contributed by atoms with Crippen LogP contribution in [0.3, 0.4) is 0 Å². The second-order valence-corrected chi connectivity index (χ2v) is 6.46. The minimum atomic E-state index is -0.986. The van der Waals surface area contributed by atoms with Gasteiger partial charge in [0.05, 0.1) is 22.7 Å². The lowest BCUT2D eigenvalue weighted by atomic mass is 10.1. The first-order valence-corrected chi connectivity index (χ1v) is 8.24. The third-order valence-corrected chi connectivity index (χ3v) is 4.74. The zero-order chi connectivity index (χ0) is 18.8. The van der Waals surface area contributed by atoms with E-state index in [4.69, 9.17) is 10.3 Å². The molecule has 1 aromatic carbocycles. The number of azide groups is 1. The summed E-state index contributed by atoms with van der Waals surface area (Å²) >= 11 is 0.992. The summed E-state index contributed by atoms with van der Waals surface area (Å²) < 4.78 is 32.3. The highest BCUT2D eigenvalue weighted by Crippen LogP contribution is 2.41. The van der Waals surface area contributed by atoms with Gasteiger partial charge in [-0.25, -0.2) is 13.8 Å². The minimum absolute atomic E-state index is 0.0405. The van der Waals surface area contributed by atoms with Crippen LogP contribution >= 0.6 is 11.3 Å². The number of hydrogen-bond acceptors (Lipinski definition) is 5. The van der Waals surface area contributed by atoms with Crippen molar-refractivity contribution >= 4 is 33.0 Å². The maximum Gasteiger partial charge on any atom is 0.206 e. The van der Waals surface area contributed by atoms with Crippen molar-refractivity contribution < 1.29 is 18.3 Å². The molecule has 3 aromatic rings. The molecule has 0 aliphatic carbocycles. The molecule has 132 valence electrons. The molecule has 0 N–H and O–H groups in total. The summed E-state index contributed by atoms with van der Waals surface area (Å²) in [6.45, 7) is 2.01. The smallest absolute Gasteiger partial charge is 0.206 e. The molecule has 2 heterocycles. The summed E-state index contributed by atoms with van der Waals surface area (Å²) in [5.41, 5.74) is 10.1. The Kier molecular flexibility index (Phi) is 4.94. The first-order chi connectivity index (χ1) is 12.5. The summed E-state index contributed by atoms with van der Waals surface area (Å²) in [7, 11) is 1.52. The van der Waals surface area contributed by atoms with Crippen LogP contribution in [-0.2, 0) is 11.3 Å². The lowest BCUT2D eigenvalue weighted by molar-refractivity contribution is 0.103. The zero-order valence-electron chi connectivity index (χ0n) is 13.8. The Hall–Kier alpha value is -2.87. The van der Waals surface area contributed by atoms with E-state index in [1.54, 1.807) is 13.0 Å². The number of aromatic nitrogens is 1. The number of nitrogens with zero attached hydrogens (tertiary/aromatic N) is 4. The molecule has 0 unspecified atom stereocenters. The number of methoxy groups -OCH3 is 1. The van der Waals surface area contributed by atoms with E-state index in [0.29, 0.717) is 27.5 Å². The van der Waals surface area contributed by atoms with Gasteiger partial charge < -0.3 is 4.74 Å². The molecular formula is C17H12F2N4O2S. The van der Waals surface area contributed by atoms with E-state index in [2.05, 4.69) is 15.0 Å². The van der Waals surface area contributed by atoms with Gasteiger partial charge >= 0.3 is 0 Å². The Labute approximate surface area is 150 Å². The molecule has 0 atom stereocenters. The van der Waals surface area contributed by atoms with E-state index in [-0.39, 0.29) is 22.7 Å². The monoisotopic (exact) mass is 374 g/mol. The normalized spacial score (nSPS) is 10.8. The Bertz CT molecular complexity index is 1070. The highest BCUT2D eigenvalue weighted by Gasteiger charge is 2.24. The molecule has 0 fully saturated rings. The fourth-order valence-corrected chi connectivity index (χ4v) is 3.81. The molecule has 0 amide bonds. The van der Waals surface area contributed by atoms with E-state index in [9.17, 15) is 13.6 Å². The maximum absolute atomic E-state index is 14.0. The number of pyridine rings is 1. The molecule has 0 radical (unpaired) electrons.